The van der Waals surface area contributed by atoms with Gasteiger partial charge in [-0.1, -0.05) is 6.07 Å². The first kappa shape index (κ1) is 16.5. The Morgan fingerprint density at radius 3 is 2.78 bits per heavy atom. The van der Waals surface area contributed by atoms with Gasteiger partial charge in [0.25, 0.3) is 0 Å². The highest BCUT2D eigenvalue weighted by molar-refractivity contribution is 7.10. The quantitative estimate of drug-likeness (QED) is 0.812. The van der Waals surface area contributed by atoms with E-state index in [9.17, 15) is 0 Å². The molecule has 0 saturated carbocycles. The van der Waals surface area contributed by atoms with Crippen LogP contribution in [0.25, 0.3) is 0 Å². The van der Waals surface area contributed by atoms with Crippen molar-refractivity contribution in [1.29, 1.82) is 0 Å². The van der Waals surface area contributed by atoms with Crippen molar-refractivity contribution < 1.29 is 4.74 Å². The predicted octanol–water partition coefficient (Wildman–Crippen LogP) is 2.35. The van der Waals surface area contributed by atoms with Crippen molar-refractivity contribution in [3.05, 3.63) is 46.2 Å². The normalized spacial score (nSPS) is 17.5. The number of aryl methyl sites for hydroxylation is 1. The first-order chi connectivity index (χ1) is 11.2. The van der Waals surface area contributed by atoms with E-state index in [0.717, 1.165) is 50.8 Å². The second kappa shape index (κ2) is 7.97. The van der Waals surface area contributed by atoms with Crippen molar-refractivity contribution in [1.82, 2.24) is 19.8 Å². The largest absolute Gasteiger partial charge is 0.379 e. The molecule has 1 fully saturated rings. The topological polar surface area (TPSA) is 41.5 Å². The second-order valence-electron chi connectivity index (χ2n) is 6.03. The lowest BCUT2D eigenvalue weighted by Gasteiger charge is -2.36. The Morgan fingerprint density at radius 2 is 2.13 bits per heavy atom. The minimum Gasteiger partial charge on any atom is -0.379 e. The number of aromatic nitrogens is 2. The SMILES string of the molecule is Cc1cnc(CN(C)C[C@@H](c2cccs2)N2CCOCC2)cn1. The third-order valence-electron chi connectivity index (χ3n) is 4.11. The summed E-state index contributed by atoms with van der Waals surface area (Å²) in [6.07, 6.45) is 3.71. The highest BCUT2D eigenvalue weighted by Crippen LogP contribution is 2.27. The lowest BCUT2D eigenvalue weighted by Crippen LogP contribution is -2.42. The van der Waals surface area contributed by atoms with E-state index in [1.54, 1.807) is 0 Å². The van der Waals surface area contributed by atoms with Crippen LogP contribution in [-0.2, 0) is 11.3 Å². The molecule has 6 heteroatoms. The first-order valence-electron chi connectivity index (χ1n) is 8.03. The van der Waals surface area contributed by atoms with Crippen molar-refractivity contribution in [2.45, 2.75) is 19.5 Å². The van der Waals surface area contributed by atoms with Gasteiger partial charge in [0, 0.05) is 43.4 Å². The van der Waals surface area contributed by atoms with Gasteiger partial charge in [0.1, 0.15) is 0 Å². The Labute approximate surface area is 141 Å². The number of nitrogens with zero attached hydrogens (tertiary/aromatic N) is 4. The molecule has 0 aromatic carbocycles. The van der Waals surface area contributed by atoms with E-state index >= 15 is 0 Å². The monoisotopic (exact) mass is 332 g/mol. The fraction of sp³-hybridized carbons (Fsp3) is 0.529. The zero-order valence-electron chi connectivity index (χ0n) is 13.8. The Hall–Kier alpha value is -1.34. The maximum absolute atomic E-state index is 5.51. The number of hydrogen-bond donors (Lipinski definition) is 0. The molecule has 1 atom stereocenters. The van der Waals surface area contributed by atoms with Gasteiger partial charge in [-0.05, 0) is 25.4 Å². The number of likely N-dealkylation sites (N-methyl/N-ethyl adjacent to an activating group) is 1. The standard InChI is InChI=1S/C17H24N4OS/c1-14-10-19-15(11-18-14)12-20(2)13-16(17-4-3-9-23-17)21-5-7-22-8-6-21/h3-4,9-11,16H,5-8,12-13H2,1-2H3/t16-/m0/s1. The van der Waals surface area contributed by atoms with Gasteiger partial charge in [0.05, 0.1) is 30.6 Å². The fourth-order valence-electron chi connectivity index (χ4n) is 2.89. The molecule has 1 aliphatic heterocycles. The molecular formula is C17H24N4OS. The van der Waals surface area contributed by atoms with Crippen LogP contribution >= 0.6 is 11.3 Å². The molecule has 3 rings (SSSR count). The maximum atomic E-state index is 5.51. The van der Waals surface area contributed by atoms with Gasteiger partial charge in [-0.2, -0.15) is 0 Å². The summed E-state index contributed by atoms with van der Waals surface area (Å²) < 4.78 is 5.51. The summed E-state index contributed by atoms with van der Waals surface area (Å²) in [7, 11) is 2.16. The molecule has 2 aromatic heterocycles. The fourth-order valence-corrected chi connectivity index (χ4v) is 3.74. The molecular weight excluding hydrogens is 308 g/mol. The molecule has 0 N–H and O–H groups in total. The molecule has 3 heterocycles. The van der Waals surface area contributed by atoms with Gasteiger partial charge in [0.15, 0.2) is 0 Å². The molecule has 23 heavy (non-hydrogen) atoms. The van der Waals surface area contributed by atoms with Crippen LogP contribution in [0.4, 0.5) is 0 Å². The highest BCUT2D eigenvalue weighted by atomic mass is 32.1. The summed E-state index contributed by atoms with van der Waals surface area (Å²) in [4.78, 5) is 15.1. The first-order valence-corrected chi connectivity index (χ1v) is 8.91. The number of thiophene rings is 1. The van der Waals surface area contributed by atoms with E-state index in [4.69, 9.17) is 4.74 Å². The summed E-state index contributed by atoms with van der Waals surface area (Å²) in [5.41, 5.74) is 1.98. The van der Waals surface area contributed by atoms with Crippen LogP contribution in [0.15, 0.2) is 29.9 Å². The molecule has 1 aliphatic rings. The van der Waals surface area contributed by atoms with Crippen molar-refractivity contribution in [2.24, 2.45) is 0 Å². The van der Waals surface area contributed by atoms with E-state index in [2.05, 4.69) is 44.3 Å². The summed E-state index contributed by atoms with van der Waals surface area (Å²) in [6.45, 7) is 7.42. The van der Waals surface area contributed by atoms with Gasteiger partial charge in [-0.3, -0.25) is 19.8 Å². The van der Waals surface area contributed by atoms with Gasteiger partial charge >= 0.3 is 0 Å². The van der Waals surface area contributed by atoms with Crippen LogP contribution in [0.5, 0.6) is 0 Å². The highest BCUT2D eigenvalue weighted by Gasteiger charge is 2.24. The van der Waals surface area contributed by atoms with Crippen LogP contribution < -0.4 is 0 Å². The average molecular weight is 332 g/mol. The van der Waals surface area contributed by atoms with Gasteiger partial charge < -0.3 is 4.74 Å². The van der Waals surface area contributed by atoms with Crippen LogP contribution in [0.2, 0.25) is 0 Å². The Balaban J connectivity index is 1.66. The third kappa shape index (κ3) is 4.57. The Morgan fingerprint density at radius 1 is 1.30 bits per heavy atom. The third-order valence-corrected chi connectivity index (χ3v) is 5.08. The summed E-state index contributed by atoms with van der Waals surface area (Å²) in [5.74, 6) is 0. The summed E-state index contributed by atoms with van der Waals surface area (Å²) in [6, 6.07) is 4.80. The smallest absolute Gasteiger partial charge is 0.0726 e. The van der Waals surface area contributed by atoms with Crippen LogP contribution in [0.1, 0.15) is 22.3 Å². The van der Waals surface area contributed by atoms with Crippen LogP contribution in [0, 0.1) is 6.92 Å². The number of morpholine rings is 1. The second-order valence-corrected chi connectivity index (χ2v) is 7.00. The number of ether oxygens (including phenoxy) is 1. The number of hydrogen-bond acceptors (Lipinski definition) is 6. The zero-order valence-corrected chi connectivity index (χ0v) is 14.6. The van der Waals surface area contributed by atoms with Gasteiger partial charge in [-0.25, -0.2) is 0 Å². The van der Waals surface area contributed by atoms with Crippen molar-refractivity contribution in [3.63, 3.8) is 0 Å². The summed E-state index contributed by atoms with van der Waals surface area (Å²) >= 11 is 1.84. The van der Waals surface area contributed by atoms with Crippen molar-refractivity contribution in [2.75, 3.05) is 39.9 Å². The molecule has 0 aliphatic carbocycles. The minimum absolute atomic E-state index is 0.419. The van der Waals surface area contributed by atoms with E-state index < -0.39 is 0 Å². The molecule has 0 radical (unpaired) electrons. The average Bonchev–Trinajstić information content (AvgIpc) is 3.10. The molecule has 0 spiro atoms. The van der Waals surface area contributed by atoms with Crippen LogP contribution in [0.3, 0.4) is 0 Å². The van der Waals surface area contributed by atoms with E-state index in [-0.39, 0.29) is 0 Å². The minimum atomic E-state index is 0.419. The van der Waals surface area contributed by atoms with Gasteiger partial charge in [-0.15, -0.1) is 11.3 Å². The molecule has 0 bridgehead atoms. The molecule has 2 aromatic rings. The predicted molar refractivity (Wildman–Crippen MR) is 92.6 cm³/mol. The number of rotatable bonds is 6. The van der Waals surface area contributed by atoms with Gasteiger partial charge in [0.2, 0.25) is 0 Å². The molecule has 124 valence electrons. The lowest BCUT2D eigenvalue weighted by atomic mass is 10.1. The van der Waals surface area contributed by atoms with E-state index in [1.165, 1.54) is 4.88 Å². The van der Waals surface area contributed by atoms with Crippen LogP contribution in [-0.4, -0.2) is 59.7 Å². The molecule has 1 saturated heterocycles. The van der Waals surface area contributed by atoms with E-state index in [1.807, 2.05) is 30.7 Å². The molecule has 0 amide bonds. The van der Waals surface area contributed by atoms with Crippen molar-refractivity contribution >= 4 is 11.3 Å². The molecule has 5 nitrogen and oxygen atoms in total. The maximum Gasteiger partial charge on any atom is 0.0726 e. The lowest BCUT2D eigenvalue weighted by molar-refractivity contribution is 0.00957. The Kier molecular flexibility index (Phi) is 5.72. The Bertz CT molecular complexity index is 581. The zero-order chi connectivity index (χ0) is 16.1. The molecule has 0 unspecified atom stereocenters. The summed E-state index contributed by atoms with van der Waals surface area (Å²) in [5, 5.41) is 2.16. The van der Waals surface area contributed by atoms with E-state index in [0.29, 0.717) is 6.04 Å². The van der Waals surface area contributed by atoms with Crippen molar-refractivity contribution in [3.8, 4) is 0 Å².